The number of piperidine rings is 1. The molecule has 3 rings (SSSR count). The van der Waals surface area contributed by atoms with Crippen LogP contribution in [0.3, 0.4) is 0 Å². The Labute approximate surface area is 188 Å². The first-order valence-electron chi connectivity index (χ1n) is 10.9. The van der Waals surface area contributed by atoms with Crippen molar-refractivity contribution in [1.82, 2.24) is 9.97 Å². The van der Waals surface area contributed by atoms with Gasteiger partial charge in [-0.2, -0.15) is 0 Å². The standard InChI is InChI=1S/C23H31N5O4/c1-4-31-22(29)17-9-11-28(12-10-17)21-19(24)20(25-14-26-21)27-18-7-5-16(6-8-18)23(30)32-13-15(2)3/h5-8,14-15,17H,4,9-13,24H2,1-3H3,(H,25,26,27). The van der Waals surface area contributed by atoms with Crippen LogP contribution in [0.5, 0.6) is 0 Å². The number of nitrogens with zero attached hydrogens (tertiary/aromatic N) is 3. The van der Waals surface area contributed by atoms with Crippen LogP contribution in [0.4, 0.5) is 23.0 Å². The highest BCUT2D eigenvalue weighted by molar-refractivity contribution is 5.90. The summed E-state index contributed by atoms with van der Waals surface area (Å²) in [6.45, 7) is 7.90. The monoisotopic (exact) mass is 441 g/mol. The van der Waals surface area contributed by atoms with Gasteiger partial charge in [-0.15, -0.1) is 0 Å². The molecule has 2 heterocycles. The van der Waals surface area contributed by atoms with E-state index in [0.29, 0.717) is 62.0 Å². The van der Waals surface area contributed by atoms with Gasteiger partial charge >= 0.3 is 11.9 Å². The third-order valence-corrected chi connectivity index (χ3v) is 5.21. The minimum Gasteiger partial charge on any atom is -0.466 e. The highest BCUT2D eigenvalue weighted by Gasteiger charge is 2.28. The van der Waals surface area contributed by atoms with E-state index in [0.717, 1.165) is 5.69 Å². The average molecular weight is 442 g/mol. The van der Waals surface area contributed by atoms with Crippen molar-refractivity contribution in [3.05, 3.63) is 36.2 Å². The second kappa shape index (κ2) is 10.8. The van der Waals surface area contributed by atoms with Crippen molar-refractivity contribution >= 4 is 34.9 Å². The minimum absolute atomic E-state index is 0.0856. The van der Waals surface area contributed by atoms with Crippen molar-refractivity contribution in [3.63, 3.8) is 0 Å². The molecule has 1 aromatic heterocycles. The first-order valence-corrected chi connectivity index (χ1v) is 10.9. The van der Waals surface area contributed by atoms with E-state index in [4.69, 9.17) is 15.2 Å². The third kappa shape index (κ3) is 5.87. The Morgan fingerprint density at radius 1 is 1.16 bits per heavy atom. The van der Waals surface area contributed by atoms with Gasteiger partial charge in [-0.25, -0.2) is 14.8 Å². The Morgan fingerprint density at radius 2 is 1.84 bits per heavy atom. The summed E-state index contributed by atoms with van der Waals surface area (Å²) < 4.78 is 10.4. The third-order valence-electron chi connectivity index (χ3n) is 5.21. The molecule has 1 aliphatic heterocycles. The van der Waals surface area contributed by atoms with Gasteiger partial charge in [-0.05, 0) is 49.9 Å². The number of carbonyl (C=O) groups is 2. The maximum Gasteiger partial charge on any atom is 0.338 e. The van der Waals surface area contributed by atoms with Crippen molar-refractivity contribution in [2.45, 2.75) is 33.6 Å². The predicted molar refractivity (Wildman–Crippen MR) is 123 cm³/mol. The lowest BCUT2D eigenvalue weighted by Crippen LogP contribution is -2.37. The number of nitrogen functional groups attached to an aromatic ring is 1. The highest BCUT2D eigenvalue weighted by Crippen LogP contribution is 2.31. The van der Waals surface area contributed by atoms with Crippen LogP contribution in [-0.2, 0) is 14.3 Å². The van der Waals surface area contributed by atoms with Crippen LogP contribution < -0.4 is 16.0 Å². The van der Waals surface area contributed by atoms with Crippen molar-refractivity contribution in [2.24, 2.45) is 11.8 Å². The van der Waals surface area contributed by atoms with E-state index in [-0.39, 0.29) is 23.8 Å². The van der Waals surface area contributed by atoms with Crippen molar-refractivity contribution in [1.29, 1.82) is 0 Å². The summed E-state index contributed by atoms with van der Waals surface area (Å²) in [5, 5.41) is 3.18. The Kier molecular flexibility index (Phi) is 7.86. The van der Waals surface area contributed by atoms with Gasteiger partial charge in [0, 0.05) is 18.8 Å². The predicted octanol–water partition coefficient (Wildman–Crippen LogP) is 3.39. The van der Waals surface area contributed by atoms with Gasteiger partial charge in [-0.1, -0.05) is 13.8 Å². The minimum atomic E-state index is -0.347. The Hall–Kier alpha value is -3.36. The number of benzene rings is 1. The van der Waals surface area contributed by atoms with Crippen molar-refractivity contribution < 1.29 is 19.1 Å². The van der Waals surface area contributed by atoms with Gasteiger partial charge in [0.1, 0.15) is 12.0 Å². The van der Waals surface area contributed by atoms with Crippen LogP contribution in [0.25, 0.3) is 0 Å². The molecule has 32 heavy (non-hydrogen) atoms. The van der Waals surface area contributed by atoms with Gasteiger partial charge in [0.25, 0.3) is 0 Å². The smallest absolute Gasteiger partial charge is 0.338 e. The number of hydrogen-bond donors (Lipinski definition) is 2. The SMILES string of the molecule is CCOC(=O)C1CCN(c2ncnc(Nc3ccc(C(=O)OCC(C)C)cc3)c2N)CC1. The average Bonchev–Trinajstić information content (AvgIpc) is 2.79. The molecule has 0 atom stereocenters. The summed E-state index contributed by atoms with van der Waals surface area (Å²) in [6.07, 6.45) is 2.85. The number of carbonyl (C=O) groups excluding carboxylic acids is 2. The lowest BCUT2D eigenvalue weighted by atomic mass is 9.97. The second-order valence-electron chi connectivity index (χ2n) is 8.17. The fourth-order valence-corrected chi connectivity index (χ4v) is 3.48. The van der Waals surface area contributed by atoms with E-state index < -0.39 is 0 Å². The van der Waals surface area contributed by atoms with E-state index in [1.807, 2.05) is 20.8 Å². The number of ether oxygens (including phenoxy) is 2. The van der Waals surface area contributed by atoms with Gasteiger partial charge in [0.05, 0.1) is 24.7 Å². The number of rotatable bonds is 8. The zero-order valence-electron chi connectivity index (χ0n) is 18.8. The van der Waals surface area contributed by atoms with Gasteiger partial charge < -0.3 is 25.4 Å². The van der Waals surface area contributed by atoms with E-state index in [9.17, 15) is 9.59 Å². The summed E-state index contributed by atoms with van der Waals surface area (Å²) in [4.78, 5) is 34.7. The summed E-state index contributed by atoms with van der Waals surface area (Å²) in [7, 11) is 0. The van der Waals surface area contributed by atoms with Crippen LogP contribution >= 0.6 is 0 Å². The molecule has 0 radical (unpaired) electrons. The van der Waals surface area contributed by atoms with Crippen LogP contribution in [0.1, 0.15) is 44.0 Å². The summed E-state index contributed by atoms with van der Waals surface area (Å²) in [6, 6.07) is 6.95. The number of anilines is 4. The molecule has 1 saturated heterocycles. The summed E-state index contributed by atoms with van der Waals surface area (Å²) >= 11 is 0. The van der Waals surface area contributed by atoms with E-state index in [2.05, 4.69) is 20.2 Å². The van der Waals surface area contributed by atoms with Crippen molar-refractivity contribution in [3.8, 4) is 0 Å². The Bertz CT molecular complexity index is 924. The van der Waals surface area contributed by atoms with Gasteiger partial charge in [0.2, 0.25) is 0 Å². The normalized spacial score (nSPS) is 14.3. The van der Waals surface area contributed by atoms with E-state index in [1.165, 1.54) is 6.33 Å². The first-order chi connectivity index (χ1) is 15.4. The Morgan fingerprint density at radius 3 is 2.47 bits per heavy atom. The molecular formula is C23H31N5O4. The molecule has 2 aromatic rings. The number of esters is 2. The molecule has 1 aliphatic rings. The second-order valence-corrected chi connectivity index (χ2v) is 8.17. The molecule has 9 heteroatoms. The largest absolute Gasteiger partial charge is 0.466 e. The molecule has 0 unspecified atom stereocenters. The molecule has 0 saturated carbocycles. The highest BCUT2D eigenvalue weighted by atomic mass is 16.5. The van der Waals surface area contributed by atoms with E-state index in [1.54, 1.807) is 24.3 Å². The molecule has 3 N–H and O–H groups in total. The maximum absolute atomic E-state index is 12.1. The molecule has 1 aromatic carbocycles. The molecule has 172 valence electrons. The number of aromatic nitrogens is 2. The van der Waals surface area contributed by atoms with Crippen molar-refractivity contribution in [2.75, 3.05) is 42.3 Å². The molecule has 0 bridgehead atoms. The zero-order chi connectivity index (χ0) is 23.1. The van der Waals surface area contributed by atoms with Crippen LogP contribution in [0.2, 0.25) is 0 Å². The molecule has 0 aliphatic carbocycles. The maximum atomic E-state index is 12.1. The zero-order valence-corrected chi connectivity index (χ0v) is 18.8. The quantitative estimate of drug-likeness (QED) is 0.594. The fourth-order valence-electron chi connectivity index (χ4n) is 3.48. The fraction of sp³-hybridized carbons (Fsp3) is 0.478. The lowest BCUT2D eigenvalue weighted by molar-refractivity contribution is -0.148. The molecular weight excluding hydrogens is 410 g/mol. The molecule has 9 nitrogen and oxygen atoms in total. The van der Waals surface area contributed by atoms with Crippen LogP contribution in [0, 0.1) is 11.8 Å². The van der Waals surface area contributed by atoms with Gasteiger partial charge in [0.15, 0.2) is 11.6 Å². The summed E-state index contributed by atoms with van der Waals surface area (Å²) in [5.74, 6) is 0.835. The first kappa shape index (κ1) is 23.3. The topological polar surface area (TPSA) is 120 Å². The number of nitrogens with one attached hydrogen (secondary N) is 1. The molecule has 1 fully saturated rings. The van der Waals surface area contributed by atoms with Crippen LogP contribution in [-0.4, -0.2) is 48.2 Å². The number of hydrogen-bond acceptors (Lipinski definition) is 9. The Balaban J connectivity index is 1.64. The van der Waals surface area contributed by atoms with E-state index >= 15 is 0 Å². The molecule has 0 spiro atoms. The van der Waals surface area contributed by atoms with Gasteiger partial charge in [-0.3, -0.25) is 4.79 Å². The molecule has 0 amide bonds. The summed E-state index contributed by atoms with van der Waals surface area (Å²) in [5.41, 5.74) is 8.01. The number of nitrogens with two attached hydrogens (primary N) is 1. The van der Waals surface area contributed by atoms with Crippen LogP contribution in [0.15, 0.2) is 30.6 Å². The lowest BCUT2D eigenvalue weighted by Gasteiger charge is -2.32.